The molecule has 0 saturated carbocycles. The van der Waals surface area contributed by atoms with E-state index in [2.05, 4.69) is 11.2 Å². The highest BCUT2D eigenvalue weighted by atomic mass is 32.1. The first-order valence-electron chi connectivity index (χ1n) is 13.7. The largest absolute Gasteiger partial charge is 0.444 e. The first-order valence-corrected chi connectivity index (χ1v) is 14.6. The Kier molecular flexibility index (Phi) is 6.61. The van der Waals surface area contributed by atoms with Crippen molar-refractivity contribution in [3.8, 4) is 17.3 Å². The van der Waals surface area contributed by atoms with Crippen molar-refractivity contribution in [2.45, 2.75) is 39.7 Å². The van der Waals surface area contributed by atoms with Crippen molar-refractivity contribution in [2.24, 2.45) is 5.41 Å². The molecule has 0 unspecified atom stereocenters. The van der Waals surface area contributed by atoms with E-state index < -0.39 is 5.60 Å². The molecule has 1 spiro atoms. The molecule has 12 heteroatoms. The Morgan fingerprint density at radius 1 is 1.19 bits per heavy atom. The first kappa shape index (κ1) is 27.9. The van der Waals surface area contributed by atoms with Crippen LogP contribution in [-0.2, 0) is 11.2 Å². The number of amides is 1. The number of fused-ring (bicyclic) bond motifs is 1. The van der Waals surface area contributed by atoms with Gasteiger partial charge in [-0.15, -0.1) is 0 Å². The summed E-state index contributed by atoms with van der Waals surface area (Å²) >= 11 is 1.23. The number of nitrogens with zero attached hydrogens (tertiary/aromatic N) is 7. The van der Waals surface area contributed by atoms with E-state index in [4.69, 9.17) is 9.72 Å². The van der Waals surface area contributed by atoms with Crippen molar-refractivity contribution in [3.05, 3.63) is 58.7 Å². The fraction of sp³-hybridized carbons (Fsp3) is 0.400. The molecule has 2 aliphatic heterocycles. The summed E-state index contributed by atoms with van der Waals surface area (Å²) in [6.07, 6.45) is 1.68. The Bertz CT molecular complexity index is 1720. The lowest BCUT2D eigenvalue weighted by atomic mass is 9.73. The van der Waals surface area contributed by atoms with Gasteiger partial charge in [-0.2, -0.15) is 10.4 Å². The van der Waals surface area contributed by atoms with Gasteiger partial charge in [0.2, 0.25) is 0 Å². The zero-order valence-corrected chi connectivity index (χ0v) is 24.9. The molecular weight excluding hydrogens is 560 g/mol. The molecule has 4 aromatic rings. The summed E-state index contributed by atoms with van der Waals surface area (Å²) in [6.45, 7) is 9.97. The Morgan fingerprint density at radius 3 is 2.50 bits per heavy atom. The molecule has 218 valence electrons. The topological polar surface area (TPSA) is 90.0 Å². The minimum Gasteiger partial charge on any atom is -0.444 e. The highest BCUT2D eigenvalue weighted by Gasteiger charge is 2.54. The summed E-state index contributed by atoms with van der Waals surface area (Å²) in [5.74, 6) is -0.739. The molecule has 3 aromatic heterocycles. The first-order chi connectivity index (χ1) is 19.9. The number of aryl methyl sites for hydroxylation is 1. The van der Waals surface area contributed by atoms with Crippen LogP contribution in [0.25, 0.3) is 16.8 Å². The van der Waals surface area contributed by atoms with Crippen molar-refractivity contribution < 1.29 is 18.3 Å². The summed E-state index contributed by atoms with van der Waals surface area (Å²) in [4.78, 5) is 23.1. The number of pyridine rings is 1. The van der Waals surface area contributed by atoms with Crippen LogP contribution in [0.2, 0.25) is 0 Å². The lowest BCUT2D eigenvalue weighted by molar-refractivity contribution is -0.0454. The number of ether oxygens (including phenoxy) is 1. The van der Waals surface area contributed by atoms with Crippen LogP contribution < -0.4 is 9.80 Å². The van der Waals surface area contributed by atoms with E-state index in [1.807, 2.05) is 50.6 Å². The maximum Gasteiger partial charge on any atom is 0.410 e. The van der Waals surface area contributed by atoms with Crippen molar-refractivity contribution >= 4 is 39.5 Å². The van der Waals surface area contributed by atoms with Gasteiger partial charge in [0.05, 0.1) is 28.8 Å². The van der Waals surface area contributed by atoms with Gasteiger partial charge in [-0.3, -0.25) is 0 Å². The van der Waals surface area contributed by atoms with Gasteiger partial charge in [-0.1, -0.05) is 18.3 Å². The van der Waals surface area contributed by atoms with Gasteiger partial charge in [-0.25, -0.2) is 23.1 Å². The third-order valence-corrected chi connectivity index (χ3v) is 8.67. The van der Waals surface area contributed by atoms with Gasteiger partial charge in [-0.05, 0) is 57.5 Å². The summed E-state index contributed by atoms with van der Waals surface area (Å²) in [6, 6.07) is 9.91. The molecule has 1 aromatic carbocycles. The molecule has 2 fully saturated rings. The summed E-state index contributed by atoms with van der Waals surface area (Å²) in [5, 5.41) is 15.0. The second-order valence-corrected chi connectivity index (χ2v) is 13.0. The lowest BCUT2D eigenvalue weighted by Crippen LogP contribution is -2.73. The van der Waals surface area contributed by atoms with Crippen LogP contribution in [0.15, 0.2) is 36.5 Å². The molecule has 5 heterocycles. The molecule has 0 aliphatic carbocycles. The van der Waals surface area contributed by atoms with Crippen molar-refractivity contribution in [3.63, 3.8) is 0 Å². The number of carbonyl (C=O) groups is 1. The number of likely N-dealkylation sites (tertiary alicyclic amines) is 1. The van der Waals surface area contributed by atoms with Gasteiger partial charge >= 0.3 is 6.09 Å². The Labute approximate surface area is 246 Å². The van der Waals surface area contributed by atoms with E-state index in [0.29, 0.717) is 65.1 Å². The SMILES string of the molecule is CCc1nn2cc(F)c(N3CC4(CN(C(=O)OC(C)(C)C)C4)C3)cc2c1N(C)c1nc(-c2ccc(F)cc2)c(C#N)s1. The molecule has 9 nitrogen and oxygen atoms in total. The number of nitriles is 1. The maximum atomic E-state index is 15.4. The minimum absolute atomic E-state index is 0.0603. The van der Waals surface area contributed by atoms with Crippen LogP contribution in [0, 0.1) is 28.4 Å². The number of halogens is 2. The second kappa shape index (κ2) is 9.94. The third-order valence-electron chi connectivity index (χ3n) is 7.63. The number of hydrogen-bond acceptors (Lipinski definition) is 8. The molecule has 42 heavy (non-hydrogen) atoms. The average molecular weight is 592 g/mol. The van der Waals surface area contributed by atoms with Gasteiger partial charge in [0.25, 0.3) is 0 Å². The quantitative estimate of drug-likeness (QED) is 0.281. The zero-order valence-electron chi connectivity index (χ0n) is 24.1. The number of hydrogen-bond donors (Lipinski definition) is 0. The highest BCUT2D eigenvalue weighted by Crippen LogP contribution is 2.45. The van der Waals surface area contributed by atoms with Crippen LogP contribution in [0.4, 0.5) is 30.1 Å². The normalized spacial score (nSPS) is 15.9. The van der Waals surface area contributed by atoms with E-state index in [1.54, 1.807) is 21.5 Å². The van der Waals surface area contributed by atoms with E-state index in [1.165, 1.54) is 29.7 Å². The smallest absolute Gasteiger partial charge is 0.410 e. The number of rotatable bonds is 5. The van der Waals surface area contributed by atoms with Gasteiger partial charge in [0.15, 0.2) is 10.9 Å². The number of benzene rings is 1. The number of anilines is 3. The van der Waals surface area contributed by atoms with Crippen LogP contribution in [-0.4, -0.2) is 64.4 Å². The molecule has 6 rings (SSSR count). The molecule has 0 N–H and O–H groups in total. The predicted octanol–water partition coefficient (Wildman–Crippen LogP) is 6.00. The molecule has 2 aliphatic rings. The Balaban J connectivity index is 1.27. The number of carbonyl (C=O) groups excluding carboxylic acids is 1. The summed E-state index contributed by atoms with van der Waals surface area (Å²) in [5.41, 5.74) is 3.26. The monoisotopic (exact) mass is 591 g/mol. The highest BCUT2D eigenvalue weighted by molar-refractivity contribution is 7.16. The van der Waals surface area contributed by atoms with E-state index in [9.17, 15) is 14.4 Å². The van der Waals surface area contributed by atoms with Crippen molar-refractivity contribution in [1.82, 2.24) is 19.5 Å². The Hall–Kier alpha value is -4.24. The average Bonchev–Trinajstić information content (AvgIpc) is 3.47. The van der Waals surface area contributed by atoms with E-state index in [-0.39, 0.29) is 23.1 Å². The van der Waals surface area contributed by atoms with E-state index >= 15 is 4.39 Å². The fourth-order valence-electron chi connectivity index (χ4n) is 5.72. The third kappa shape index (κ3) is 4.81. The molecular formula is C30H31F2N7O2S. The van der Waals surface area contributed by atoms with Crippen LogP contribution >= 0.6 is 11.3 Å². The summed E-state index contributed by atoms with van der Waals surface area (Å²) < 4.78 is 35.9. The van der Waals surface area contributed by atoms with Gasteiger partial charge < -0.3 is 19.4 Å². The fourth-order valence-corrected chi connectivity index (χ4v) is 6.57. The van der Waals surface area contributed by atoms with Gasteiger partial charge in [0, 0.05) is 44.2 Å². The standard InChI is InChI=1S/C30H31F2N7O2S/c1-6-21-26(36(5)27-34-25(24(12-33)42-27)18-7-9-19(31)10-8-18)23-11-22(20(32)13-39(23)35-21)37-14-30(15-37)16-38(17-30)28(40)41-29(2,3)4/h7-11,13H,6,14-17H2,1-5H3. The molecule has 1 amide bonds. The van der Waals surface area contributed by atoms with Gasteiger partial charge in [0.1, 0.15) is 28.1 Å². The molecule has 0 bridgehead atoms. The maximum absolute atomic E-state index is 15.4. The molecule has 0 atom stereocenters. The number of aromatic nitrogens is 3. The van der Waals surface area contributed by atoms with Crippen LogP contribution in [0.5, 0.6) is 0 Å². The van der Waals surface area contributed by atoms with Crippen molar-refractivity contribution in [1.29, 1.82) is 5.26 Å². The zero-order chi connectivity index (χ0) is 30.0. The number of thiazole rings is 1. The summed E-state index contributed by atoms with van der Waals surface area (Å²) in [7, 11) is 1.85. The Morgan fingerprint density at radius 2 is 1.88 bits per heavy atom. The lowest BCUT2D eigenvalue weighted by Gasteiger charge is -2.60. The molecule has 0 radical (unpaired) electrons. The van der Waals surface area contributed by atoms with Crippen LogP contribution in [0.1, 0.15) is 38.3 Å². The van der Waals surface area contributed by atoms with E-state index in [0.717, 1.165) is 11.4 Å². The second-order valence-electron chi connectivity index (χ2n) is 12.0. The molecule has 2 saturated heterocycles. The predicted molar refractivity (Wildman–Crippen MR) is 157 cm³/mol. The minimum atomic E-state index is -0.547. The van der Waals surface area contributed by atoms with Crippen LogP contribution in [0.3, 0.4) is 0 Å². The van der Waals surface area contributed by atoms with Crippen molar-refractivity contribution in [2.75, 3.05) is 43.0 Å².